The molecule has 1 aromatic rings. The van der Waals surface area contributed by atoms with Gasteiger partial charge in [0.1, 0.15) is 5.75 Å². The second-order valence-corrected chi connectivity index (χ2v) is 6.48. The van der Waals surface area contributed by atoms with Crippen LogP contribution < -0.4 is 10.1 Å². The van der Waals surface area contributed by atoms with Crippen LogP contribution in [0.1, 0.15) is 36.8 Å². The van der Waals surface area contributed by atoms with E-state index in [9.17, 15) is 4.79 Å². The molecule has 0 aliphatic carbocycles. The Morgan fingerprint density at radius 3 is 2.87 bits per heavy atom. The minimum atomic E-state index is 0. The Kier molecular flexibility index (Phi) is 6.31. The number of rotatable bonds is 4. The van der Waals surface area contributed by atoms with E-state index in [1.807, 2.05) is 12.1 Å². The molecular formula is C18H27ClN2O2. The smallest absolute Gasteiger partial charge is 0.226 e. The molecule has 0 radical (unpaired) electrons. The van der Waals surface area contributed by atoms with Crippen LogP contribution in [0.5, 0.6) is 5.75 Å². The summed E-state index contributed by atoms with van der Waals surface area (Å²) in [6, 6.07) is 6.89. The van der Waals surface area contributed by atoms with Crippen LogP contribution in [0.2, 0.25) is 0 Å². The summed E-state index contributed by atoms with van der Waals surface area (Å²) in [5, 5.41) is 3.43. The molecule has 1 aromatic carbocycles. The highest BCUT2D eigenvalue weighted by Gasteiger charge is 2.37. The number of hydrogen-bond acceptors (Lipinski definition) is 3. The maximum absolute atomic E-state index is 12.6. The zero-order valence-corrected chi connectivity index (χ0v) is 14.8. The monoisotopic (exact) mass is 338 g/mol. The molecule has 5 heteroatoms. The van der Waals surface area contributed by atoms with Crippen molar-refractivity contribution in [3.8, 4) is 5.75 Å². The van der Waals surface area contributed by atoms with Crippen LogP contribution in [0, 0.1) is 13.8 Å². The third kappa shape index (κ3) is 3.99. The SMILES string of the molecule is Cc1cccc(OCCC(=O)N2C3CCNCC2CC3)c1C.Cl. The Morgan fingerprint density at radius 2 is 2.04 bits per heavy atom. The number of nitrogens with one attached hydrogen (secondary N) is 1. The molecule has 2 fully saturated rings. The highest BCUT2D eigenvalue weighted by atomic mass is 35.5. The quantitative estimate of drug-likeness (QED) is 0.917. The Bertz CT molecular complexity index is 536. The standard InChI is InChI=1S/C18H26N2O2.ClH/c1-13-4-3-5-17(14(13)2)22-11-9-18(21)20-15-6-7-16(20)12-19-10-8-15;/h3-5,15-16,19H,6-12H2,1-2H3;1H. The van der Waals surface area contributed by atoms with Crippen LogP contribution >= 0.6 is 12.4 Å². The van der Waals surface area contributed by atoms with Crippen molar-refractivity contribution in [1.29, 1.82) is 0 Å². The van der Waals surface area contributed by atoms with Crippen molar-refractivity contribution in [2.75, 3.05) is 19.7 Å². The lowest BCUT2D eigenvalue weighted by molar-refractivity contribution is -0.134. The van der Waals surface area contributed by atoms with Crippen LogP contribution in [-0.4, -0.2) is 42.6 Å². The predicted octanol–water partition coefficient (Wildman–Crippen LogP) is 2.85. The Labute approximate surface area is 145 Å². The van der Waals surface area contributed by atoms with E-state index in [1.54, 1.807) is 0 Å². The first-order chi connectivity index (χ1) is 10.7. The molecule has 128 valence electrons. The second-order valence-electron chi connectivity index (χ2n) is 6.48. The van der Waals surface area contributed by atoms with Gasteiger partial charge in [-0.2, -0.15) is 0 Å². The molecule has 1 amide bonds. The lowest BCUT2D eigenvalue weighted by Gasteiger charge is -2.28. The van der Waals surface area contributed by atoms with Crippen molar-refractivity contribution in [1.82, 2.24) is 10.2 Å². The zero-order valence-electron chi connectivity index (χ0n) is 14.0. The summed E-state index contributed by atoms with van der Waals surface area (Å²) >= 11 is 0. The number of nitrogens with zero attached hydrogens (tertiary/aromatic N) is 1. The van der Waals surface area contributed by atoms with Gasteiger partial charge in [0.05, 0.1) is 13.0 Å². The van der Waals surface area contributed by atoms with Gasteiger partial charge < -0.3 is 15.0 Å². The minimum Gasteiger partial charge on any atom is -0.493 e. The van der Waals surface area contributed by atoms with E-state index in [2.05, 4.69) is 30.1 Å². The van der Waals surface area contributed by atoms with E-state index in [-0.39, 0.29) is 18.3 Å². The topological polar surface area (TPSA) is 41.6 Å². The molecule has 23 heavy (non-hydrogen) atoms. The van der Waals surface area contributed by atoms with Gasteiger partial charge in [-0.1, -0.05) is 12.1 Å². The second kappa shape index (κ2) is 8.02. The number of aryl methyl sites for hydroxylation is 1. The van der Waals surface area contributed by atoms with Crippen molar-refractivity contribution < 1.29 is 9.53 Å². The molecule has 3 rings (SSSR count). The normalized spacial score (nSPS) is 23.1. The maximum atomic E-state index is 12.6. The van der Waals surface area contributed by atoms with Gasteiger partial charge in [0, 0.05) is 18.6 Å². The summed E-state index contributed by atoms with van der Waals surface area (Å²) in [5.41, 5.74) is 2.38. The first-order valence-electron chi connectivity index (χ1n) is 8.37. The average Bonchev–Trinajstić information content (AvgIpc) is 2.76. The molecule has 0 saturated carbocycles. The van der Waals surface area contributed by atoms with Gasteiger partial charge >= 0.3 is 0 Å². The first kappa shape index (κ1) is 18.1. The van der Waals surface area contributed by atoms with E-state index >= 15 is 0 Å². The molecule has 0 aromatic heterocycles. The number of hydrogen-bond donors (Lipinski definition) is 1. The van der Waals surface area contributed by atoms with Crippen LogP contribution in [0.25, 0.3) is 0 Å². The van der Waals surface area contributed by atoms with Gasteiger partial charge in [-0.05, 0) is 56.8 Å². The average molecular weight is 339 g/mol. The Balaban J connectivity index is 0.00000192. The maximum Gasteiger partial charge on any atom is 0.226 e. The van der Waals surface area contributed by atoms with Gasteiger partial charge in [-0.15, -0.1) is 12.4 Å². The molecule has 2 heterocycles. The molecule has 4 nitrogen and oxygen atoms in total. The van der Waals surface area contributed by atoms with Gasteiger partial charge in [-0.25, -0.2) is 0 Å². The summed E-state index contributed by atoms with van der Waals surface area (Å²) in [6.07, 6.45) is 3.86. The van der Waals surface area contributed by atoms with Gasteiger partial charge in [0.2, 0.25) is 5.91 Å². The lowest BCUT2D eigenvalue weighted by Crippen LogP contribution is -2.42. The molecule has 2 atom stereocenters. The van der Waals surface area contributed by atoms with Crippen LogP contribution in [0.3, 0.4) is 0 Å². The number of carbonyl (C=O) groups is 1. The molecular weight excluding hydrogens is 312 g/mol. The van der Waals surface area contributed by atoms with E-state index in [0.717, 1.165) is 43.7 Å². The third-order valence-corrected chi connectivity index (χ3v) is 5.07. The Morgan fingerprint density at radius 1 is 1.26 bits per heavy atom. The van der Waals surface area contributed by atoms with E-state index in [4.69, 9.17) is 4.74 Å². The summed E-state index contributed by atoms with van der Waals surface area (Å²) in [6.45, 7) is 6.58. The van der Waals surface area contributed by atoms with Gasteiger partial charge in [-0.3, -0.25) is 4.79 Å². The highest BCUT2D eigenvalue weighted by molar-refractivity contribution is 5.85. The molecule has 2 saturated heterocycles. The van der Waals surface area contributed by atoms with Crippen molar-refractivity contribution in [2.24, 2.45) is 0 Å². The third-order valence-electron chi connectivity index (χ3n) is 5.07. The fourth-order valence-electron chi connectivity index (χ4n) is 3.65. The van der Waals surface area contributed by atoms with Crippen LogP contribution in [0.15, 0.2) is 18.2 Å². The number of carbonyl (C=O) groups excluding carboxylic acids is 1. The first-order valence-corrected chi connectivity index (χ1v) is 8.37. The highest BCUT2D eigenvalue weighted by Crippen LogP contribution is 2.28. The molecule has 1 N–H and O–H groups in total. The number of benzene rings is 1. The molecule has 2 aliphatic rings. The van der Waals surface area contributed by atoms with Crippen molar-refractivity contribution in [3.05, 3.63) is 29.3 Å². The molecule has 2 bridgehead atoms. The molecule has 2 unspecified atom stereocenters. The number of halogens is 1. The summed E-state index contributed by atoms with van der Waals surface area (Å²) in [4.78, 5) is 14.7. The van der Waals surface area contributed by atoms with Crippen molar-refractivity contribution in [3.63, 3.8) is 0 Å². The number of amides is 1. The fourth-order valence-corrected chi connectivity index (χ4v) is 3.65. The van der Waals surface area contributed by atoms with Crippen molar-refractivity contribution >= 4 is 18.3 Å². The fraction of sp³-hybridized carbons (Fsp3) is 0.611. The van der Waals surface area contributed by atoms with Crippen LogP contribution in [0.4, 0.5) is 0 Å². The van der Waals surface area contributed by atoms with E-state index in [1.165, 1.54) is 5.56 Å². The van der Waals surface area contributed by atoms with Crippen molar-refractivity contribution in [2.45, 2.75) is 51.6 Å². The predicted molar refractivity (Wildman–Crippen MR) is 94.4 cm³/mol. The summed E-state index contributed by atoms with van der Waals surface area (Å²) in [5.74, 6) is 1.15. The summed E-state index contributed by atoms with van der Waals surface area (Å²) < 4.78 is 5.84. The zero-order chi connectivity index (χ0) is 15.5. The van der Waals surface area contributed by atoms with E-state index in [0.29, 0.717) is 25.1 Å². The molecule has 0 spiro atoms. The lowest BCUT2D eigenvalue weighted by atomic mass is 10.1. The summed E-state index contributed by atoms with van der Waals surface area (Å²) in [7, 11) is 0. The molecule has 2 aliphatic heterocycles. The van der Waals surface area contributed by atoms with Crippen LogP contribution in [-0.2, 0) is 4.79 Å². The largest absolute Gasteiger partial charge is 0.493 e. The Hall–Kier alpha value is -1.26. The number of fused-ring (bicyclic) bond motifs is 2. The van der Waals surface area contributed by atoms with Gasteiger partial charge in [0.25, 0.3) is 0 Å². The number of ether oxygens (including phenoxy) is 1. The minimum absolute atomic E-state index is 0. The van der Waals surface area contributed by atoms with Gasteiger partial charge in [0.15, 0.2) is 0 Å². The van der Waals surface area contributed by atoms with E-state index < -0.39 is 0 Å².